The molecule has 0 spiro atoms. The summed E-state index contributed by atoms with van der Waals surface area (Å²) in [7, 11) is 0. The molecule has 0 aliphatic heterocycles. The fourth-order valence-corrected chi connectivity index (χ4v) is 4.24. The number of thiophene rings is 1. The molecule has 108 valence electrons. The van der Waals surface area contributed by atoms with Crippen molar-refractivity contribution < 1.29 is 0 Å². The molecule has 19 heavy (non-hydrogen) atoms. The Kier molecular flexibility index (Phi) is 6.14. The molecule has 1 atom stereocenters. The van der Waals surface area contributed by atoms with Gasteiger partial charge in [0, 0.05) is 10.9 Å². The third-order valence-corrected chi connectivity index (χ3v) is 5.36. The molecule has 0 saturated carbocycles. The molecule has 0 amide bonds. The summed E-state index contributed by atoms with van der Waals surface area (Å²) in [5.74, 6) is 0. The molecule has 4 heteroatoms. The number of nitrogens with zero attached hydrogens (tertiary/aromatic N) is 1. The lowest BCUT2D eigenvalue weighted by molar-refractivity contribution is 0.294. The number of halogens is 1. The quantitative estimate of drug-likeness (QED) is 0.763. The smallest absolute Gasteiger partial charge is 0.0934 e. The van der Waals surface area contributed by atoms with Crippen molar-refractivity contribution in [3.8, 4) is 0 Å². The van der Waals surface area contributed by atoms with E-state index in [1.807, 2.05) is 0 Å². The van der Waals surface area contributed by atoms with Crippen LogP contribution >= 0.6 is 22.9 Å². The lowest BCUT2D eigenvalue weighted by Gasteiger charge is -2.24. The molecule has 0 aromatic carbocycles. The Hall–Kier alpha value is -0.0900. The highest BCUT2D eigenvalue weighted by Crippen LogP contribution is 2.37. The molecule has 0 fully saturated rings. The van der Waals surface area contributed by atoms with Crippen LogP contribution in [0.3, 0.4) is 0 Å². The highest BCUT2D eigenvalue weighted by molar-refractivity contribution is 7.16. The minimum Gasteiger partial charge on any atom is -0.310 e. The van der Waals surface area contributed by atoms with Crippen molar-refractivity contribution in [3.05, 3.63) is 20.8 Å². The van der Waals surface area contributed by atoms with Gasteiger partial charge in [-0.05, 0) is 63.5 Å². The van der Waals surface area contributed by atoms with Gasteiger partial charge in [-0.25, -0.2) is 0 Å². The Morgan fingerprint density at radius 3 is 2.95 bits per heavy atom. The van der Waals surface area contributed by atoms with Gasteiger partial charge in [-0.3, -0.25) is 0 Å². The predicted octanol–water partition coefficient (Wildman–Crippen LogP) is 4.10. The van der Waals surface area contributed by atoms with Gasteiger partial charge in [0.05, 0.1) is 4.34 Å². The number of nitrogens with one attached hydrogen (secondary N) is 1. The highest BCUT2D eigenvalue weighted by atomic mass is 35.5. The van der Waals surface area contributed by atoms with Crippen LogP contribution in [0.1, 0.15) is 49.6 Å². The minimum atomic E-state index is 0.532. The first kappa shape index (κ1) is 15.3. The fourth-order valence-electron chi connectivity index (χ4n) is 2.85. The van der Waals surface area contributed by atoms with E-state index in [9.17, 15) is 0 Å². The summed E-state index contributed by atoms with van der Waals surface area (Å²) in [6.07, 6.45) is 4.98. The molecule has 1 aromatic rings. The van der Waals surface area contributed by atoms with Crippen LogP contribution < -0.4 is 5.32 Å². The second kappa shape index (κ2) is 7.63. The molecule has 1 aromatic heterocycles. The van der Waals surface area contributed by atoms with Gasteiger partial charge >= 0.3 is 0 Å². The molecule has 0 saturated heterocycles. The van der Waals surface area contributed by atoms with Gasteiger partial charge in [-0.1, -0.05) is 25.4 Å². The molecular formula is C15H25ClN2S. The van der Waals surface area contributed by atoms with Crippen LogP contribution in [-0.4, -0.2) is 31.1 Å². The van der Waals surface area contributed by atoms with E-state index >= 15 is 0 Å². The van der Waals surface area contributed by atoms with Crippen molar-refractivity contribution in [2.45, 2.75) is 45.6 Å². The van der Waals surface area contributed by atoms with Crippen molar-refractivity contribution in [3.63, 3.8) is 0 Å². The molecule has 0 radical (unpaired) electrons. The minimum absolute atomic E-state index is 0.532. The molecule has 0 bridgehead atoms. The maximum atomic E-state index is 6.14. The summed E-state index contributed by atoms with van der Waals surface area (Å²) in [6.45, 7) is 9.09. The molecule has 1 aliphatic carbocycles. The van der Waals surface area contributed by atoms with Crippen LogP contribution in [-0.2, 0) is 6.42 Å². The molecular weight excluding hydrogens is 276 g/mol. The zero-order chi connectivity index (χ0) is 13.7. The average Bonchev–Trinajstić information content (AvgIpc) is 2.80. The van der Waals surface area contributed by atoms with Crippen molar-refractivity contribution in [1.29, 1.82) is 0 Å². The molecule has 1 heterocycles. The largest absolute Gasteiger partial charge is 0.310 e. The van der Waals surface area contributed by atoms with Crippen molar-refractivity contribution in [2.24, 2.45) is 0 Å². The topological polar surface area (TPSA) is 15.3 Å². The summed E-state index contributed by atoms with van der Waals surface area (Å²) in [4.78, 5) is 3.98. The number of hydrogen-bond donors (Lipinski definition) is 1. The molecule has 1 N–H and O–H groups in total. The van der Waals surface area contributed by atoms with Gasteiger partial charge < -0.3 is 10.2 Å². The number of hydrogen-bond acceptors (Lipinski definition) is 3. The zero-order valence-corrected chi connectivity index (χ0v) is 13.6. The maximum Gasteiger partial charge on any atom is 0.0934 e. The van der Waals surface area contributed by atoms with E-state index < -0.39 is 0 Å². The Morgan fingerprint density at radius 2 is 2.21 bits per heavy atom. The third kappa shape index (κ3) is 4.19. The van der Waals surface area contributed by atoms with Crippen LogP contribution in [0.15, 0.2) is 6.07 Å². The number of fused-ring (bicyclic) bond motifs is 1. The summed E-state index contributed by atoms with van der Waals surface area (Å²) in [5, 5.41) is 3.72. The van der Waals surface area contributed by atoms with Crippen molar-refractivity contribution in [2.75, 3.05) is 26.2 Å². The molecule has 2 nitrogen and oxygen atoms in total. The second-order valence-corrected chi connectivity index (χ2v) is 6.98. The van der Waals surface area contributed by atoms with Gasteiger partial charge in [0.25, 0.3) is 0 Å². The van der Waals surface area contributed by atoms with Crippen LogP contribution in [0.25, 0.3) is 0 Å². The lowest BCUT2D eigenvalue weighted by Crippen LogP contribution is -2.29. The van der Waals surface area contributed by atoms with Gasteiger partial charge in [0.2, 0.25) is 0 Å². The monoisotopic (exact) mass is 300 g/mol. The summed E-state index contributed by atoms with van der Waals surface area (Å²) in [6, 6.07) is 2.70. The zero-order valence-electron chi connectivity index (χ0n) is 12.0. The Balaban J connectivity index is 1.78. The van der Waals surface area contributed by atoms with E-state index in [0.717, 1.165) is 24.0 Å². The highest BCUT2D eigenvalue weighted by Gasteiger charge is 2.21. The maximum absolute atomic E-state index is 6.14. The van der Waals surface area contributed by atoms with Gasteiger partial charge in [0.15, 0.2) is 0 Å². The van der Waals surface area contributed by atoms with E-state index in [1.165, 1.54) is 42.7 Å². The SMILES string of the molecule is CCN(CC)CCCNC1CCCc2sc(Cl)cc21. The summed E-state index contributed by atoms with van der Waals surface area (Å²) in [5.41, 5.74) is 1.46. The lowest BCUT2D eigenvalue weighted by atomic mass is 9.94. The molecule has 1 unspecified atom stereocenters. The van der Waals surface area contributed by atoms with Gasteiger partial charge in [-0.2, -0.15) is 0 Å². The van der Waals surface area contributed by atoms with E-state index in [-0.39, 0.29) is 0 Å². The van der Waals surface area contributed by atoms with E-state index in [0.29, 0.717) is 6.04 Å². The third-order valence-electron chi connectivity index (χ3n) is 4.02. The predicted molar refractivity (Wildman–Crippen MR) is 85.4 cm³/mol. The van der Waals surface area contributed by atoms with Crippen LogP contribution in [0.5, 0.6) is 0 Å². The van der Waals surface area contributed by atoms with Crippen molar-refractivity contribution in [1.82, 2.24) is 10.2 Å². The first-order valence-electron chi connectivity index (χ1n) is 7.48. The van der Waals surface area contributed by atoms with Gasteiger partial charge in [-0.15, -0.1) is 11.3 Å². The standard InChI is InChI=1S/C15H25ClN2S/c1-3-18(4-2)10-6-9-17-13-7-5-8-14-12(13)11-15(16)19-14/h11,13,17H,3-10H2,1-2H3. The molecule has 1 aliphatic rings. The normalized spacial score (nSPS) is 18.8. The van der Waals surface area contributed by atoms with Crippen molar-refractivity contribution >= 4 is 22.9 Å². The van der Waals surface area contributed by atoms with Crippen LogP contribution in [0, 0.1) is 0 Å². The number of rotatable bonds is 7. The van der Waals surface area contributed by atoms with Gasteiger partial charge in [0.1, 0.15) is 0 Å². The van der Waals surface area contributed by atoms with E-state index in [4.69, 9.17) is 11.6 Å². The second-order valence-electron chi connectivity index (χ2n) is 5.21. The number of aryl methyl sites for hydroxylation is 1. The average molecular weight is 301 g/mol. The fraction of sp³-hybridized carbons (Fsp3) is 0.733. The van der Waals surface area contributed by atoms with E-state index in [1.54, 1.807) is 11.3 Å². The first-order chi connectivity index (χ1) is 9.24. The summed E-state index contributed by atoms with van der Waals surface area (Å²) >= 11 is 7.90. The Morgan fingerprint density at radius 1 is 1.42 bits per heavy atom. The Bertz CT molecular complexity index is 387. The van der Waals surface area contributed by atoms with E-state index in [2.05, 4.69) is 30.1 Å². The molecule has 2 rings (SSSR count). The van der Waals surface area contributed by atoms with Crippen LogP contribution in [0.2, 0.25) is 4.34 Å². The summed E-state index contributed by atoms with van der Waals surface area (Å²) < 4.78 is 0.946. The first-order valence-corrected chi connectivity index (χ1v) is 8.67. The Labute approximate surface area is 126 Å². The van der Waals surface area contributed by atoms with Crippen LogP contribution in [0.4, 0.5) is 0 Å².